The van der Waals surface area contributed by atoms with E-state index in [1.165, 1.54) is 25.7 Å². The van der Waals surface area contributed by atoms with Gasteiger partial charge in [0.05, 0.1) is 0 Å². The lowest BCUT2D eigenvalue weighted by molar-refractivity contribution is -0.131. The van der Waals surface area contributed by atoms with E-state index in [2.05, 4.69) is 12.2 Å². The molecular formula is C13H24N2O. The van der Waals surface area contributed by atoms with Gasteiger partial charge < -0.3 is 11.1 Å². The molecule has 0 aromatic heterocycles. The average molecular weight is 224 g/mol. The van der Waals surface area contributed by atoms with Gasteiger partial charge in [0.1, 0.15) is 0 Å². The van der Waals surface area contributed by atoms with Crippen LogP contribution in [0.3, 0.4) is 0 Å². The predicted molar refractivity (Wildman–Crippen MR) is 64.9 cm³/mol. The fraction of sp³-hybridized carbons (Fsp3) is 0.923. The number of amides is 1. The largest absolute Gasteiger partial charge is 0.351 e. The second kappa shape index (κ2) is 4.74. The molecule has 2 aliphatic rings. The van der Waals surface area contributed by atoms with Crippen molar-refractivity contribution in [1.29, 1.82) is 0 Å². The van der Waals surface area contributed by atoms with E-state index in [9.17, 15) is 4.79 Å². The van der Waals surface area contributed by atoms with E-state index in [0.717, 1.165) is 25.7 Å². The molecule has 3 heteroatoms. The van der Waals surface area contributed by atoms with Gasteiger partial charge in [-0.1, -0.05) is 32.6 Å². The summed E-state index contributed by atoms with van der Waals surface area (Å²) >= 11 is 0. The smallest absolute Gasteiger partial charge is 0.226 e. The summed E-state index contributed by atoms with van der Waals surface area (Å²) in [5, 5.41) is 3.19. The molecule has 3 N–H and O–H groups in total. The summed E-state index contributed by atoms with van der Waals surface area (Å²) in [6.45, 7) is 2.10. The van der Waals surface area contributed by atoms with Crippen molar-refractivity contribution in [3.63, 3.8) is 0 Å². The van der Waals surface area contributed by atoms with Crippen LogP contribution in [0.2, 0.25) is 0 Å². The van der Waals surface area contributed by atoms with Crippen molar-refractivity contribution in [3.8, 4) is 0 Å². The highest BCUT2D eigenvalue weighted by molar-refractivity contribution is 5.82. The Morgan fingerprint density at radius 2 is 1.81 bits per heavy atom. The Labute approximate surface area is 98.2 Å². The molecule has 2 saturated carbocycles. The van der Waals surface area contributed by atoms with Crippen LogP contribution in [0.15, 0.2) is 0 Å². The molecule has 2 rings (SSSR count). The highest BCUT2D eigenvalue weighted by Crippen LogP contribution is 2.37. The van der Waals surface area contributed by atoms with Gasteiger partial charge in [-0.2, -0.15) is 0 Å². The number of hydrogen-bond donors (Lipinski definition) is 2. The first kappa shape index (κ1) is 11.9. The van der Waals surface area contributed by atoms with Crippen molar-refractivity contribution >= 4 is 5.91 Å². The van der Waals surface area contributed by atoms with Crippen molar-refractivity contribution in [2.24, 2.45) is 11.1 Å². The van der Waals surface area contributed by atoms with Gasteiger partial charge >= 0.3 is 0 Å². The monoisotopic (exact) mass is 224 g/mol. The summed E-state index contributed by atoms with van der Waals surface area (Å²) in [7, 11) is 0. The molecule has 0 bridgehead atoms. The van der Waals surface area contributed by atoms with Crippen LogP contribution in [-0.4, -0.2) is 18.0 Å². The summed E-state index contributed by atoms with van der Waals surface area (Å²) < 4.78 is 0. The lowest BCUT2D eigenvalue weighted by Gasteiger charge is -2.32. The molecule has 0 radical (unpaired) electrons. The Bertz CT molecular complexity index is 259. The molecule has 2 atom stereocenters. The highest BCUT2D eigenvalue weighted by atomic mass is 16.2. The van der Waals surface area contributed by atoms with E-state index >= 15 is 0 Å². The highest BCUT2D eigenvalue weighted by Gasteiger charge is 2.37. The van der Waals surface area contributed by atoms with Crippen molar-refractivity contribution in [2.45, 2.75) is 70.4 Å². The summed E-state index contributed by atoms with van der Waals surface area (Å²) in [4.78, 5) is 12.2. The Kier molecular flexibility index (Phi) is 3.53. The first-order valence-electron chi connectivity index (χ1n) is 6.68. The van der Waals surface area contributed by atoms with Crippen molar-refractivity contribution < 1.29 is 4.79 Å². The number of carbonyl (C=O) groups is 1. The number of nitrogens with one attached hydrogen (secondary N) is 1. The molecule has 0 aliphatic heterocycles. The van der Waals surface area contributed by atoms with Gasteiger partial charge in [-0.05, 0) is 25.7 Å². The van der Waals surface area contributed by atoms with E-state index < -0.39 is 0 Å². The quantitative estimate of drug-likeness (QED) is 0.753. The van der Waals surface area contributed by atoms with Gasteiger partial charge in [-0.15, -0.1) is 0 Å². The minimum absolute atomic E-state index is 0.114. The van der Waals surface area contributed by atoms with E-state index in [1.54, 1.807) is 0 Å². The molecule has 0 unspecified atom stereocenters. The molecule has 2 fully saturated rings. The Morgan fingerprint density at radius 3 is 2.44 bits per heavy atom. The van der Waals surface area contributed by atoms with Crippen LogP contribution in [0, 0.1) is 5.41 Å². The average Bonchev–Trinajstić information content (AvgIpc) is 2.70. The zero-order valence-electron chi connectivity index (χ0n) is 10.3. The minimum atomic E-state index is -0.114. The Balaban J connectivity index is 1.90. The third-order valence-corrected chi connectivity index (χ3v) is 4.39. The Morgan fingerprint density at radius 1 is 1.19 bits per heavy atom. The van der Waals surface area contributed by atoms with Gasteiger partial charge in [0.2, 0.25) is 5.91 Å². The molecule has 92 valence electrons. The standard InChI is InChI=1S/C13H24N2O/c1-13(8-4-5-9-13)12(16)15-11-7-3-2-6-10(11)14/h10-11H,2-9,14H2,1H3,(H,15,16)/t10-,11-/m1/s1. The van der Waals surface area contributed by atoms with Gasteiger partial charge in [0.15, 0.2) is 0 Å². The lowest BCUT2D eigenvalue weighted by atomic mass is 9.85. The van der Waals surface area contributed by atoms with Crippen molar-refractivity contribution in [2.75, 3.05) is 0 Å². The normalized spacial score (nSPS) is 33.6. The predicted octanol–water partition coefficient (Wildman–Crippen LogP) is 1.95. The first-order valence-corrected chi connectivity index (χ1v) is 6.68. The van der Waals surface area contributed by atoms with Crippen LogP contribution in [0.25, 0.3) is 0 Å². The summed E-state index contributed by atoms with van der Waals surface area (Å²) in [5.74, 6) is 0.243. The minimum Gasteiger partial charge on any atom is -0.351 e. The number of hydrogen-bond acceptors (Lipinski definition) is 2. The molecular weight excluding hydrogens is 200 g/mol. The SMILES string of the molecule is CC1(C(=O)N[C@@H]2CCCC[C@H]2N)CCCC1. The topological polar surface area (TPSA) is 55.1 Å². The molecule has 2 aliphatic carbocycles. The van der Waals surface area contributed by atoms with Gasteiger partial charge in [0.25, 0.3) is 0 Å². The summed E-state index contributed by atoms with van der Waals surface area (Å²) in [6, 6.07) is 0.390. The van der Waals surface area contributed by atoms with Crippen molar-refractivity contribution in [3.05, 3.63) is 0 Å². The van der Waals surface area contributed by atoms with E-state index in [4.69, 9.17) is 5.73 Å². The second-order valence-electron chi connectivity index (χ2n) is 5.80. The molecule has 0 heterocycles. The van der Waals surface area contributed by atoms with Gasteiger partial charge in [0, 0.05) is 17.5 Å². The maximum Gasteiger partial charge on any atom is 0.226 e. The second-order valence-corrected chi connectivity index (χ2v) is 5.80. The maximum absolute atomic E-state index is 12.2. The number of carbonyl (C=O) groups excluding carboxylic acids is 1. The van der Waals surface area contributed by atoms with Crippen LogP contribution < -0.4 is 11.1 Å². The first-order chi connectivity index (χ1) is 7.62. The summed E-state index contributed by atoms with van der Waals surface area (Å²) in [6.07, 6.45) is 9.01. The summed E-state index contributed by atoms with van der Waals surface area (Å²) in [5.41, 5.74) is 5.94. The molecule has 16 heavy (non-hydrogen) atoms. The van der Waals surface area contributed by atoms with E-state index in [1.807, 2.05) is 0 Å². The molecule has 0 saturated heterocycles. The van der Waals surface area contributed by atoms with Crippen LogP contribution in [0.5, 0.6) is 0 Å². The van der Waals surface area contributed by atoms with Crippen LogP contribution in [-0.2, 0) is 4.79 Å². The molecule has 0 aromatic carbocycles. The molecule has 0 aromatic rings. The van der Waals surface area contributed by atoms with Gasteiger partial charge in [-0.3, -0.25) is 4.79 Å². The van der Waals surface area contributed by atoms with Crippen LogP contribution in [0.4, 0.5) is 0 Å². The van der Waals surface area contributed by atoms with E-state index in [0.29, 0.717) is 0 Å². The van der Waals surface area contributed by atoms with Crippen LogP contribution in [0.1, 0.15) is 58.3 Å². The molecule has 0 spiro atoms. The third-order valence-electron chi connectivity index (χ3n) is 4.39. The Hall–Kier alpha value is -0.570. The van der Waals surface area contributed by atoms with E-state index in [-0.39, 0.29) is 23.4 Å². The number of rotatable bonds is 2. The fourth-order valence-electron chi connectivity index (χ4n) is 3.06. The molecule has 3 nitrogen and oxygen atoms in total. The third kappa shape index (κ3) is 2.40. The van der Waals surface area contributed by atoms with Gasteiger partial charge in [-0.25, -0.2) is 0 Å². The fourth-order valence-corrected chi connectivity index (χ4v) is 3.06. The zero-order valence-corrected chi connectivity index (χ0v) is 10.3. The maximum atomic E-state index is 12.2. The zero-order chi connectivity index (χ0) is 11.6. The number of nitrogens with two attached hydrogens (primary N) is 1. The molecule has 1 amide bonds. The van der Waals surface area contributed by atoms with Crippen LogP contribution >= 0.6 is 0 Å². The lowest BCUT2D eigenvalue weighted by Crippen LogP contribution is -2.52. The van der Waals surface area contributed by atoms with Crippen molar-refractivity contribution in [1.82, 2.24) is 5.32 Å².